The number of piperidine rings is 1. The molecule has 0 bridgehead atoms. The van der Waals surface area contributed by atoms with Crippen molar-refractivity contribution < 1.29 is 22.8 Å². The van der Waals surface area contributed by atoms with E-state index in [0.29, 0.717) is 12.8 Å². The van der Waals surface area contributed by atoms with Crippen LogP contribution in [0, 0.1) is 5.92 Å². The first-order valence-electron chi connectivity index (χ1n) is 5.53. The topological polar surface area (TPSA) is 63.4 Å². The molecule has 1 atom stereocenters. The molecular weight excluding hydrogens is 269 g/mol. The number of nitrogens with zero attached hydrogens (tertiary/aromatic N) is 1. The zero-order chi connectivity index (χ0) is 13.9. The van der Waals surface area contributed by atoms with Crippen molar-refractivity contribution in [2.45, 2.75) is 30.5 Å². The third-order valence-electron chi connectivity index (χ3n) is 2.87. The van der Waals surface area contributed by atoms with Crippen molar-refractivity contribution in [3.8, 4) is 0 Å². The van der Waals surface area contributed by atoms with Gasteiger partial charge in [0.15, 0.2) is 0 Å². The van der Waals surface area contributed by atoms with Crippen LogP contribution >= 0.6 is 11.8 Å². The molecule has 1 saturated heterocycles. The van der Waals surface area contributed by atoms with Crippen molar-refractivity contribution in [2.24, 2.45) is 11.7 Å². The number of primary amides is 1. The fourth-order valence-corrected chi connectivity index (χ4v) is 2.54. The molecule has 1 fully saturated rings. The largest absolute Gasteiger partial charge is 0.442 e. The van der Waals surface area contributed by atoms with E-state index in [2.05, 4.69) is 0 Å². The standard InChI is InChI=1S/C10H15F3N2O2S/c1-6(18-10(11,12)13)9(17)15-4-2-7(3-5-15)8(14)16/h6-7H,2-5H2,1H3,(H2,14,16). The van der Waals surface area contributed by atoms with E-state index < -0.39 is 22.6 Å². The first-order chi connectivity index (χ1) is 8.20. The number of likely N-dealkylation sites (tertiary alicyclic amines) is 1. The third kappa shape index (κ3) is 4.40. The van der Waals surface area contributed by atoms with Crippen LogP contribution in [0.2, 0.25) is 0 Å². The van der Waals surface area contributed by atoms with Gasteiger partial charge < -0.3 is 10.6 Å². The summed E-state index contributed by atoms with van der Waals surface area (Å²) < 4.78 is 36.4. The molecule has 8 heteroatoms. The third-order valence-corrected chi connectivity index (χ3v) is 3.69. The highest BCUT2D eigenvalue weighted by molar-refractivity contribution is 8.01. The predicted octanol–water partition coefficient (Wildman–Crippen LogP) is 1.35. The lowest BCUT2D eigenvalue weighted by molar-refractivity contribution is -0.134. The molecule has 0 spiro atoms. The highest BCUT2D eigenvalue weighted by atomic mass is 32.2. The Balaban J connectivity index is 2.47. The highest BCUT2D eigenvalue weighted by Gasteiger charge is 2.36. The molecule has 1 aliphatic rings. The maximum atomic E-state index is 12.1. The van der Waals surface area contributed by atoms with E-state index in [4.69, 9.17) is 5.73 Å². The van der Waals surface area contributed by atoms with Gasteiger partial charge in [0.25, 0.3) is 0 Å². The number of hydrogen-bond acceptors (Lipinski definition) is 3. The fourth-order valence-electron chi connectivity index (χ4n) is 1.89. The van der Waals surface area contributed by atoms with Crippen LogP contribution in [0.15, 0.2) is 0 Å². The van der Waals surface area contributed by atoms with Gasteiger partial charge in [-0.25, -0.2) is 0 Å². The van der Waals surface area contributed by atoms with Crippen LogP contribution < -0.4 is 5.73 Å². The molecular formula is C10H15F3N2O2S. The minimum absolute atomic E-state index is 0.278. The molecule has 0 radical (unpaired) electrons. The molecule has 0 saturated carbocycles. The fraction of sp³-hybridized carbons (Fsp3) is 0.800. The molecule has 104 valence electrons. The van der Waals surface area contributed by atoms with Gasteiger partial charge in [0.1, 0.15) is 0 Å². The quantitative estimate of drug-likeness (QED) is 0.851. The van der Waals surface area contributed by atoms with Gasteiger partial charge in [0, 0.05) is 19.0 Å². The number of thioether (sulfide) groups is 1. The van der Waals surface area contributed by atoms with Crippen molar-refractivity contribution in [2.75, 3.05) is 13.1 Å². The van der Waals surface area contributed by atoms with E-state index in [1.807, 2.05) is 0 Å². The number of nitrogens with two attached hydrogens (primary N) is 1. The lowest BCUT2D eigenvalue weighted by Gasteiger charge is -2.32. The summed E-state index contributed by atoms with van der Waals surface area (Å²) in [5.74, 6) is -1.24. The van der Waals surface area contributed by atoms with Crippen LogP contribution in [0.5, 0.6) is 0 Å². The second-order valence-corrected chi connectivity index (χ2v) is 5.61. The Hall–Kier alpha value is -0.920. The number of alkyl halides is 3. The number of hydrogen-bond donors (Lipinski definition) is 1. The molecule has 0 aromatic rings. The van der Waals surface area contributed by atoms with Crippen LogP contribution in [0.25, 0.3) is 0 Å². The number of carbonyl (C=O) groups is 2. The number of rotatable bonds is 3. The summed E-state index contributed by atoms with van der Waals surface area (Å²) in [7, 11) is 0. The molecule has 18 heavy (non-hydrogen) atoms. The van der Waals surface area contributed by atoms with Crippen LogP contribution in [0.1, 0.15) is 19.8 Å². The van der Waals surface area contributed by atoms with Gasteiger partial charge in [0.05, 0.1) is 5.25 Å². The molecule has 1 aliphatic heterocycles. The Kier molecular flexibility index (Phi) is 4.89. The molecule has 0 aromatic heterocycles. The zero-order valence-corrected chi connectivity index (χ0v) is 10.7. The average molecular weight is 284 g/mol. The Morgan fingerprint density at radius 3 is 2.22 bits per heavy atom. The predicted molar refractivity (Wildman–Crippen MR) is 61.6 cm³/mol. The lowest BCUT2D eigenvalue weighted by atomic mass is 9.96. The maximum absolute atomic E-state index is 12.1. The van der Waals surface area contributed by atoms with Gasteiger partial charge in [-0.15, -0.1) is 0 Å². The number of amides is 2. The van der Waals surface area contributed by atoms with Crippen LogP contribution in [0.3, 0.4) is 0 Å². The lowest BCUT2D eigenvalue weighted by Crippen LogP contribution is -2.44. The second-order valence-electron chi connectivity index (χ2n) is 4.21. The summed E-state index contributed by atoms with van der Waals surface area (Å²) in [6.07, 6.45) is 0.842. The Bertz CT molecular complexity index is 328. The summed E-state index contributed by atoms with van der Waals surface area (Å²) in [5, 5.41) is -1.16. The van der Waals surface area contributed by atoms with Gasteiger partial charge in [-0.05, 0) is 31.5 Å². The highest BCUT2D eigenvalue weighted by Crippen LogP contribution is 2.34. The van der Waals surface area contributed by atoms with Crippen molar-refractivity contribution in [1.82, 2.24) is 4.90 Å². The van der Waals surface area contributed by atoms with Gasteiger partial charge in [0.2, 0.25) is 11.8 Å². The van der Waals surface area contributed by atoms with Gasteiger partial charge in [-0.3, -0.25) is 9.59 Å². The molecule has 0 aromatic carbocycles. The first-order valence-corrected chi connectivity index (χ1v) is 6.41. The van der Waals surface area contributed by atoms with Crippen molar-refractivity contribution >= 4 is 23.6 Å². The minimum Gasteiger partial charge on any atom is -0.369 e. The first kappa shape index (κ1) is 15.1. The molecule has 1 heterocycles. The molecule has 4 nitrogen and oxygen atoms in total. The molecule has 2 N–H and O–H groups in total. The average Bonchev–Trinajstić information content (AvgIpc) is 2.26. The Labute approximate surface area is 107 Å². The van der Waals surface area contributed by atoms with Crippen LogP contribution in [-0.2, 0) is 9.59 Å². The summed E-state index contributed by atoms with van der Waals surface area (Å²) in [6, 6.07) is 0. The van der Waals surface area contributed by atoms with E-state index in [9.17, 15) is 22.8 Å². The zero-order valence-electron chi connectivity index (χ0n) is 9.87. The van der Waals surface area contributed by atoms with Crippen molar-refractivity contribution in [3.05, 3.63) is 0 Å². The second kappa shape index (κ2) is 5.81. The maximum Gasteiger partial charge on any atom is 0.442 e. The summed E-state index contributed by atoms with van der Waals surface area (Å²) in [6.45, 7) is 1.81. The summed E-state index contributed by atoms with van der Waals surface area (Å²) >= 11 is -0.317. The molecule has 1 unspecified atom stereocenters. The normalized spacial score (nSPS) is 19.7. The number of halogens is 3. The monoisotopic (exact) mass is 284 g/mol. The van der Waals surface area contributed by atoms with Crippen LogP contribution in [-0.4, -0.2) is 40.6 Å². The Morgan fingerprint density at radius 1 is 1.33 bits per heavy atom. The molecule has 1 rings (SSSR count). The molecule has 0 aliphatic carbocycles. The van der Waals surface area contributed by atoms with E-state index in [1.165, 1.54) is 11.8 Å². The minimum atomic E-state index is -4.42. The molecule has 2 amide bonds. The number of carbonyl (C=O) groups excluding carboxylic acids is 2. The van der Waals surface area contributed by atoms with Gasteiger partial charge in [-0.2, -0.15) is 13.2 Å². The van der Waals surface area contributed by atoms with E-state index >= 15 is 0 Å². The van der Waals surface area contributed by atoms with Gasteiger partial charge >= 0.3 is 5.51 Å². The van der Waals surface area contributed by atoms with Crippen LogP contribution in [0.4, 0.5) is 13.2 Å². The van der Waals surface area contributed by atoms with Crippen molar-refractivity contribution in [1.29, 1.82) is 0 Å². The van der Waals surface area contributed by atoms with Crippen molar-refractivity contribution in [3.63, 3.8) is 0 Å². The SMILES string of the molecule is CC(SC(F)(F)F)C(=O)N1CCC(C(N)=O)CC1. The smallest absolute Gasteiger partial charge is 0.369 e. The Morgan fingerprint density at radius 2 is 1.83 bits per heavy atom. The summed E-state index contributed by atoms with van der Waals surface area (Å²) in [5.41, 5.74) is 0.720. The van der Waals surface area contributed by atoms with E-state index in [-0.39, 0.29) is 30.8 Å². The summed E-state index contributed by atoms with van der Waals surface area (Å²) in [4.78, 5) is 24.0. The van der Waals surface area contributed by atoms with E-state index in [1.54, 1.807) is 0 Å². The van der Waals surface area contributed by atoms with Gasteiger partial charge in [-0.1, -0.05) is 0 Å². The van der Waals surface area contributed by atoms with E-state index in [0.717, 1.165) is 0 Å².